The van der Waals surface area contributed by atoms with Crippen molar-refractivity contribution in [1.29, 1.82) is 15.8 Å². The first kappa shape index (κ1) is 105. The smallest absolute Gasteiger partial charge is 1.00 e. The third-order valence-corrected chi connectivity index (χ3v) is 8.71. The third kappa shape index (κ3) is 200. The van der Waals surface area contributed by atoms with E-state index < -0.39 is 35.3 Å². The van der Waals surface area contributed by atoms with Crippen LogP contribution in [0.15, 0.2) is 0 Å². The Kier molecular flexibility index (Phi) is 155. The number of nitrogens with zero attached hydrogens (tertiary/aromatic N) is 3. The standard InChI is InChI=1S/4C8H18.C4H9NSi.C4H8O.C3H3BN2O.C3H9BO3.CH2F3N.CF3.BrH2N.BrH.2K/c4*1-3-5-7-8-6-4-2;1-6(2,3)4-5;1-2-4-5-3-1;1-7-4(2-5)3-6;1-5-4(6-2)7-3;2-1(3,4)5;2-1(3)4;1-2;;;/h4*3-8H2,1-2H3;1-3H3;1-4H2;1H3;1-3H3;5H2;;2H2;1H;;/q;;;;;;;;;-1;;;2*+1/p-1. The Morgan fingerprint density at radius 2 is 0.690 bits per heavy atom. The second-order valence-electron chi connectivity index (χ2n) is 16.0. The van der Waals surface area contributed by atoms with Crippen molar-refractivity contribution in [2.75, 3.05) is 41.7 Å². The van der Waals surface area contributed by atoms with Crippen molar-refractivity contribution >= 4 is 38.5 Å². The van der Waals surface area contributed by atoms with Crippen molar-refractivity contribution in [3.8, 4) is 17.6 Å². The summed E-state index contributed by atoms with van der Waals surface area (Å²) < 4.78 is 86.5. The average Bonchev–Trinajstić information content (AvgIpc) is 3.90. The molecule has 0 amide bonds. The number of rotatable bonds is 24. The van der Waals surface area contributed by atoms with Gasteiger partial charge in [-0.1, -0.05) is 229 Å². The summed E-state index contributed by atoms with van der Waals surface area (Å²) in [6.45, 7) is 22.1. The first-order valence-corrected chi connectivity index (χ1v) is 29.4. The van der Waals surface area contributed by atoms with Gasteiger partial charge in [0.1, 0.15) is 0 Å². The maximum absolute atomic E-state index is 10.1. The molecule has 0 atom stereocenters. The van der Waals surface area contributed by atoms with Crippen LogP contribution >= 0.6 is 16.1 Å². The number of alkyl halides is 3. The van der Waals surface area contributed by atoms with E-state index in [9.17, 15) is 26.3 Å². The molecule has 1 aliphatic rings. The fourth-order valence-corrected chi connectivity index (χ4v) is 4.35. The van der Waals surface area contributed by atoms with E-state index in [4.69, 9.17) is 20.5 Å². The van der Waals surface area contributed by atoms with E-state index >= 15 is 0 Å². The topological polar surface area (TPSA) is 170 Å². The number of nitrogens with two attached hydrogens (primary N) is 2. The summed E-state index contributed by atoms with van der Waals surface area (Å²) in [5, 5.41) is 24.1. The summed E-state index contributed by atoms with van der Waals surface area (Å²) in [6.07, 6.45) is 32.0. The van der Waals surface area contributed by atoms with Crippen LogP contribution in [0, 0.1) is 40.1 Å². The van der Waals surface area contributed by atoms with Crippen LogP contribution in [-0.2, 0) is 23.4 Å². The zero-order chi connectivity index (χ0) is 55.2. The molecule has 0 unspecified atom stereocenters. The molecule has 0 aromatic rings. The summed E-state index contributed by atoms with van der Waals surface area (Å²) in [5.41, 5.74) is 5.60. The molecular formula is C48H105B2Br2F6K2N5O5Si. The van der Waals surface area contributed by atoms with Gasteiger partial charge in [0.05, 0.1) is 11.9 Å². The zero-order valence-electron chi connectivity index (χ0n) is 48.5. The fourth-order valence-electron chi connectivity index (χ4n) is 4.35. The molecule has 0 aromatic heterocycles. The molecule has 4 N–H and O–H groups in total. The minimum absolute atomic E-state index is 0. The van der Waals surface area contributed by atoms with Gasteiger partial charge in [-0.25, -0.2) is 21.5 Å². The molecule has 0 radical (unpaired) electrons. The van der Waals surface area contributed by atoms with Gasteiger partial charge in [-0.3, -0.25) is 4.76 Å². The molecule has 1 rings (SSSR count). The van der Waals surface area contributed by atoms with Crippen LogP contribution in [0.2, 0.25) is 19.6 Å². The monoisotopic (exact) mass is 1230 g/mol. The molecule has 0 aliphatic carbocycles. The number of nitriles is 3. The SMILES string of the molecule is C1CCOC1.CCCCCCCC.CCCCCCCC.CCCCCCCC.CCCCCCCC.COB(C#N)C#N.COB(OC)OC.C[Si](C)(C)C#N.F[C-](F)F.NBr.NC(F)(F)F.[Br-].[K+].[K+]. The number of halogens is 8. The molecule has 1 aliphatic heterocycles. The predicted molar refractivity (Wildman–Crippen MR) is 286 cm³/mol. The van der Waals surface area contributed by atoms with E-state index in [2.05, 4.69) is 106 Å². The third-order valence-electron chi connectivity index (χ3n) is 8.04. The van der Waals surface area contributed by atoms with Crippen molar-refractivity contribution in [1.82, 2.24) is 0 Å². The summed E-state index contributed by atoms with van der Waals surface area (Å²) in [4.78, 5) is 0. The van der Waals surface area contributed by atoms with Crippen LogP contribution in [0.4, 0.5) is 26.3 Å². The van der Waals surface area contributed by atoms with E-state index in [0.717, 1.165) is 13.2 Å². The van der Waals surface area contributed by atoms with E-state index in [1.807, 2.05) is 19.6 Å². The maximum atomic E-state index is 10.1. The van der Waals surface area contributed by atoms with Crippen LogP contribution in [0.5, 0.6) is 0 Å². The molecule has 71 heavy (non-hydrogen) atoms. The van der Waals surface area contributed by atoms with Gasteiger partial charge >= 0.3 is 123 Å². The summed E-state index contributed by atoms with van der Waals surface area (Å²) in [6, 6.07) is 0. The number of unbranched alkanes of at least 4 members (excludes halogenated alkanes) is 20. The van der Waals surface area contributed by atoms with Gasteiger partial charge < -0.3 is 53.5 Å². The van der Waals surface area contributed by atoms with Gasteiger partial charge in [0, 0.05) is 63.5 Å². The molecule has 0 aromatic carbocycles. The van der Waals surface area contributed by atoms with Crippen molar-refractivity contribution < 1.29 is 169 Å². The van der Waals surface area contributed by atoms with Gasteiger partial charge in [0.15, 0.2) is 14.8 Å². The van der Waals surface area contributed by atoms with Gasteiger partial charge in [-0.15, -0.1) is 0 Å². The van der Waals surface area contributed by atoms with Crippen LogP contribution in [0.3, 0.4) is 0 Å². The molecule has 420 valence electrons. The fraction of sp³-hybridized carbons (Fsp3) is 0.917. The largest absolute Gasteiger partial charge is 1.00 e. The summed E-state index contributed by atoms with van der Waals surface area (Å²) >= 11 is 2.44. The van der Waals surface area contributed by atoms with Gasteiger partial charge in [0.25, 0.3) is 0 Å². The quantitative estimate of drug-likeness (QED) is 0.0239. The Morgan fingerprint density at radius 3 is 0.732 bits per heavy atom. The first-order valence-electron chi connectivity index (χ1n) is 24.9. The molecule has 0 bridgehead atoms. The van der Waals surface area contributed by atoms with Crippen LogP contribution in [0.1, 0.15) is 222 Å². The van der Waals surface area contributed by atoms with Crippen molar-refractivity contribution in [2.24, 2.45) is 10.5 Å². The average molecular weight is 1230 g/mol. The van der Waals surface area contributed by atoms with E-state index in [1.165, 1.54) is 195 Å². The predicted octanol–water partition coefficient (Wildman–Crippen LogP) is 8.39. The Labute approximate surface area is 541 Å². The van der Waals surface area contributed by atoms with Crippen molar-refractivity contribution in [2.45, 2.75) is 248 Å². The van der Waals surface area contributed by atoms with E-state index in [-0.39, 0.29) is 120 Å². The molecule has 10 nitrogen and oxygen atoms in total. The van der Waals surface area contributed by atoms with Crippen LogP contribution < -0.4 is 130 Å². The normalized spacial score (nSPS) is 9.89. The molecule has 1 heterocycles. The zero-order valence-corrected chi connectivity index (χ0v) is 58.9. The second-order valence-corrected chi connectivity index (χ2v) is 20.7. The van der Waals surface area contributed by atoms with Crippen LogP contribution in [0.25, 0.3) is 0 Å². The van der Waals surface area contributed by atoms with Gasteiger partial charge in [-0.05, 0) is 12.8 Å². The second kappa shape index (κ2) is 105. The van der Waals surface area contributed by atoms with Crippen molar-refractivity contribution in [3.63, 3.8) is 0 Å². The Morgan fingerprint density at radius 1 is 0.521 bits per heavy atom. The number of ether oxygens (including phenoxy) is 1. The number of hydrogen-bond acceptors (Lipinski definition) is 10. The molecule has 1 fully saturated rings. The molecule has 0 spiro atoms. The Balaban J connectivity index is -0.0000000477. The maximum Gasteiger partial charge on any atom is 1.00 e. The Bertz CT molecular complexity index is 847. The molecule has 1 saturated heterocycles. The van der Waals surface area contributed by atoms with Crippen LogP contribution in [-0.4, -0.2) is 70.3 Å². The minimum Gasteiger partial charge on any atom is -1.00 e. The van der Waals surface area contributed by atoms with E-state index in [1.54, 1.807) is 11.9 Å². The first-order chi connectivity index (χ1) is 32.1. The van der Waals surface area contributed by atoms with E-state index in [0.29, 0.717) is 0 Å². The van der Waals surface area contributed by atoms with Crippen molar-refractivity contribution in [3.05, 3.63) is 6.68 Å². The summed E-state index contributed by atoms with van der Waals surface area (Å²) in [5.74, 6) is 3.24. The van der Waals surface area contributed by atoms with Gasteiger partial charge in [0.2, 0.25) is 0 Å². The Hall–Kier alpha value is 2.35. The molecular weight excluding hydrogens is 1130 g/mol. The summed E-state index contributed by atoms with van der Waals surface area (Å²) in [7, 11) is 4.01. The molecule has 23 heteroatoms. The molecule has 0 saturated carbocycles. The minimum atomic E-state index is -4.50. The van der Waals surface area contributed by atoms with Gasteiger partial charge in [-0.2, -0.15) is 13.2 Å². The number of hydrogen-bond donors (Lipinski definition) is 2.